The van der Waals surface area contributed by atoms with E-state index in [1.807, 2.05) is 23.0 Å². The molecule has 3 aromatic rings. The quantitative estimate of drug-likeness (QED) is 0.662. The number of hydrogen-bond donors (Lipinski definition) is 0. The zero-order chi connectivity index (χ0) is 17.7. The Morgan fingerprint density at radius 1 is 1.19 bits per heavy atom. The van der Waals surface area contributed by atoms with Crippen LogP contribution in [0.1, 0.15) is 30.4 Å². The van der Waals surface area contributed by atoms with Crippen LogP contribution in [0.25, 0.3) is 5.65 Å². The van der Waals surface area contributed by atoms with Gasteiger partial charge in [-0.25, -0.2) is 4.98 Å². The molecule has 1 saturated heterocycles. The van der Waals surface area contributed by atoms with Gasteiger partial charge in [-0.3, -0.25) is 4.90 Å². The highest BCUT2D eigenvalue weighted by Gasteiger charge is 2.32. The third-order valence-corrected chi connectivity index (χ3v) is 5.63. The molecule has 0 aromatic carbocycles. The lowest BCUT2D eigenvalue weighted by Gasteiger charge is -2.44. The largest absolute Gasteiger partial charge is 0.352 e. The normalized spacial score (nSPS) is 18.0. The highest BCUT2D eigenvalue weighted by molar-refractivity contribution is 5.48. The van der Waals surface area contributed by atoms with Gasteiger partial charge in [-0.05, 0) is 32.0 Å². The first-order valence-corrected chi connectivity index (χ1v) is 9.33. The minimum absolute atomic E-state index is 0.550. The van der Waals surface area contributed by atoms with Crippen molar-refractivity contribution in [2.75, 3.05) is 31.6 Å². The Hall–Kier alpha value is -2.48. The molecule has 8 nitrogen and oxygen atoms in total. The summed E-state index contributed by atoms with van der Waals surface area (Å²) in [7, 11) is 4.25. The van der Waals surface area contributed by atoms with Crippen molar-refractivity contribution in [3.05, 3.63) is 36.2 Å². The number of anilines is 1. The van der Waals surface area contributed by atoms with Gasteiger partial charge in [-0.2, -0.15) is 4.52 Å². The predicted molar refractivity (Wildman–Crippen MR) is 98.3 cm³/mol. The summed E-state index contributed by atoms with van der Waals surface area (Å²) < 4.78 is 4.03. The van der Waals surface area contributed by atoms with Gasteiger partial charge in [0.25, 0.3) is 0 Å². The molecule has 2 fully saturated rings. The van der Waals surface area contributed by atoms with Crippen molar-refractivity contribution in [3.8, 4) is 0 Å². The molecule has 0 spiro atoms. The predicted octanol–water partition coefficient (Wildman–Crippen LogP) is 1.10. The molecule has 0 atom stereocenters. The van der Waals surface area contributed by atoms with Crippen LogP contribution in [0.5, 0.6) is 0 Å². The summed E-state index contributed by atoms with van der Waals surface area (Å²) in [5.74, 6) is 3.73. The van der Waals surface area contributed by atoms with E-state index in [-0.39, 0.29) is 0 Å². The van der Waals surface area contributed by atoms with Crippen LogP contribution in [0.3, 0.4) is 0 Å². The van der Waals surface area contributed by atoms with Crippen molar-refractivity contribution < 1.29 is 0 Å². The highest BCUT2D eigenvalue weighted by Crippen LogP contribution is 2.38. The zero-order valence-electron chi connectivity index (χ0n) is 15.3. The molecule has 3 aromatic heterocycles. The number of imidazole rings is 1. The van der Waals surface area contributed by atoms with E-state index in [1.54, 1.807) is 0 Å². The second-order valence-corrected chi connectivity index (χ2v) is 7.54. The number of likely N-dealkylation sites (N-methyl/N-ethyl adjacent to an activating group) is 1. The van der Waals surface area contributed by atoms with Gasteiger partial charge in [0, 0.05) is 57.5 Å². The standard InChI is InChI=1S/C18H24N8/c1-23(9-7-15-19-8-10-24(15)2)14-11-25(12-14)17-6-5-16-20-21-18(13-3-4-13)26(16)22-17/h5-6,8,10,13-14H,3-4,7,9,11-12H2,1-2H3. The van der Waals surface area contributed by atoms with Gasteiger partial charge in [0.05, 0.1) is 0 Å². The summed E-state index contributed by atoms with van der Waals surface area (Å²) in [5, 5.41) is 13.4. The van der Waals surface area contributed by atoms with Gasteiger partial charge >= 0.3 is 0 Å². The molecule has 0 radical (unpaired) electrons. The van der Waals surface area contributed by atoms with E-state index >= 15 is 0 Å². The van der Waals surface area contributed by atoms with Gasteiger partial charge in [0.15, 0.2) is 11.5 Å². The van der Waals surface area contributed by atoms with Crippen LogP contribution >= 0.6 is 0 Å². The van der Waals surface area contributed by atoms with Crippen LogP contribution in [-0.4, -0.2) is 67.0 Å². The van der Waals surface area contributed by atoms with Crippen LogP contribution in [0.2, 0.25) is 0 Å². The van der Waals surface area contributed by atoms with E-state index in [4.69, 9.17) is 5.10 Å². The molecule has 0 unspecified atom stereocenters. The van der Waals surface area contributed by atoms with Crippen LogP contribution in [0.15, 0.2) is 24.5 Å². The molecule has 26 heavy (non-hydrogen) atoms. The molecule has 1 saturated carbocycles. The lowest BCUT2D eigenvalue weighted by atomic mass is 10.1. The Bertz CT molecular complexity index is 918. The van der Waals surface area contributed by atoms with Crippen LogP contribution in [-0.2, 0) is 13.5 Å². The number of rotatable bonds is 6. The Balaban J connectivity index is 1.21. The Morgan fingerprint density at radius 3 is 2.77 bits per heavy atom. The van der Waals surface area contributed by atoms with Gasteiger partial charge < -0.3 is 9.47 Å². The van der Waals surface area contributed by atoms with Gasteiger partial charge in [0.1, 0.15) is 11.6 Å². The maximum absolute atomic E-state index is 4.80. The summed E-state index contributed by atoms with van der Waals surface area (Å²) in [6.07, 6.45) is 7.26. The molecule has 136 valence electrons. The molecular weight excluding hydrogens is 328 g/mol. The number of fused-ring (bicyclic) bond motifs is 1. The highest BCUT2D eigenvalue weighted by atomic mass is 15.4. The fourth-order valence-corrected chi connectivity index (χ4v) is 3.58. The fraction of sp³-hybridized carbons (Fsp3) is 0.556. The molecule has 5 rings (SSSR count). The van der Waals surface area contributed by atoms with Crippen LogP contribution in [0.4, 0.5) is 5.82 Å². The zero-order valence-corrected chi connectivity index (χ0v) is 15.3. The van der Waals surface area contributed by atoms with Gasteiger partial charge in [-0.15, -0.1) is 15.3 Å². The molecule has 2 aliphatic rings. The van der Waals surface area contributed by atoms with Crippen LogP contribution in [0, 0.1) is 0 Å². The van der Waals surface area contributed by atoms with Crippen LogP contribution < -0.4 is 4.90 Å². The average Bonchev–Trinajstić information content (AvgIpc) is 3.22. The molecule has 8 heteroatoms. The van der Waals surface area contributed by atoms with Crippen molar-refractivity contribution in [2.45, 2.75) is 31.2 Å². The molecular formula is C18H24N8. The van der Waals surface area contributed by atoms with E-state index < -0.39 is 0 Å². The van der Waals surface area contributed by atoms with Crippen molar-refractivity contribution in [1.29, 1.82) is 0 Å². The molecule has 0 amide bonds. The van der Waals surface area contributed by atoms with Crippen molar-refractivity contribution in [2.24, 2.45) is 7.05 Å². The lowest BCUT2D eigenvalue weighted by molar-refractivity contribution is 0.205. The third-order valence-electron chi connectivity index (χ3n) is 5.63. The van der Waals surface area contributed by atoms with E-state index in [1.165, 1.54) is 12.8 Å². The molecule has 0 N–H and O–H groups in total. The Morgan fingerprint density at radius 2 is 2.04 bits per heavy atom. The van der Waals surface area contributed by atoms with E-state index in [0.717, 1.165) is 49.2 Å². The van der Waals surface area contributed by atoms with Crippen molar-refractivity contribution in [3.63, 3.8) is 0 Å². The summed E-state index contributed by atoms with van der Waals surface area (Å²) >= 11 is 0. The smallest absolute Gasteiger partial charge is 0.178 e. The van der Waals surface area contributed by atoms with E-state index in [2.05, 4.69) is 49.7 Å². The second kappa shape index (κ2) is 6.05. The SMILES string of the molecule is CN(CCc1nccn1C)C1CN(c2ccc3nnc(C4CC4)n3n2)C1. The summed E-state index contributed by atoms with van der Waals surface area (Å²) in [5.41, 5.74) is 0.847. The number of aryl methyl sites for hydroxylation is 1. The van der Waals surface area contributed by atoms with E-state index in [0.29, 0.717) is 12.0 Å². The molecule has 1 aliphatic heterocycles. The lowest BCUT2D eigenvalue weighted by Crippen LogP contribution is -2.59. The fourth-order valence-electron chi connectivity index (χ4n) is 3.58. The maximum atomic E-state index is 4.80. The summed E-state index contributed by atoms with van der Waals surface area (Å²) in [6.45, 7) is 3.04. The molecule has 0 bridgehead atoms. The minimum Gasteiger partial charge on any atom is -0.352 e. The first-order chi connectivity index (χ1) is 12.7. The van der Waals surface area contributed by atoms with Crippen molar-refractivity contribution in [1.82, 2.24) is 34.3 Å². The Labute approximate surface area is 152 Å². The van der Waals surface area contributed by atoms with E-state index in [9.17, 15) is 0 Å². The minimum atomic E-state index is 0.550. The summed E-state index contributed by atoms with van der Waals surface area (Å²) in [4.78, 5) is 9.17. The second-order valence-electron chi connectivity index (χ2n) is 7.54. The van der Waals surface area contributed by atoms with Gasteiger partial charge in [0.2, 0.25) is 0 Å². The number of hydrogen-bond acceptors (Lipinski definition) is 6. The maximum Gasteiger partial charge on any atom is 0.178 e. The monoisotopic (exact) mass is 352 g/mol. The number of nitrogens with zero attached hydrogens (tertiary/aromatic N) is 8. The number of aromatic nitrogens is 6. The molecule has 1 aliphatic carbocycles. The molecule has 4 heterocycles. The van der Waals surface area contributed by atoms with Crippen molar-refractivity contribution >= 4 is 11.5 Å². The Kier molecular flexibility index (Phi) is 3.66. The first kappa shape index (κ1) is 15.7. The topological polar surface area (TPSA) is 67.4 Å². The summed E-state index contributed by atoms with van der Waals surface area (Å²) in [6, 6.07) is 4.65. The average molecular weight is 352 g/mol. The third kappa shape index (κ3) is 2.74. The van der Waals surface area contributed by atoms with Gasteiger partial charge in [-0.1, -0.05) is 0 Å². The first-order valence-electron chi connectivity index (χ1n) is 9.33.